The van der Waals surface area contributed by atoms with E-state index in [1.54, 1.807) is 0 Å². The van der Waals surface area contributed by atoms with Gasteiger partial charge in [0.2, 0.25) is 0 Å². The second-order valence-corrected chi connectivity index (χ2v) is 7.56. The molecule has 0 bridgehead atoms. The van der Waals surface area contributed by atoms with Crippen LogP contribution < -0.4 is 4.74 Å². The molecule has 0 unspecified atom stereocenters. The van der Waals surface area contributed by atoms with Gasteiger partial charge in [0.05, 0.1) is 17.6 Å². The maximum Gasteiger partial charge on any atom is 0.168 e. The third-order valence-corrected chi connectivity index (χ3v) is 5.48. The van der Waals surface area contributed by atoms with Gasteiger partial charge in [-0.05, 0) is 48.9 Å². The number of unbranched alkanes of at least 4 members (excludes halogenated alkanes) is 3. The van der Waals surface area contributed by atoms with Crippen molar-refractivity contribution >= 4 is 27.5 Å². The fourth-order valence-corrected chi connectivity index (χ4v) is 3.91. The second kappa shape index (κ2) is 8.11. The van der Waals surface area contributed by atoms with Gasteiger partial charge in [-0.15, -0.1) is 10.2 Å². The van der Waals surface area contributed by atoms with Crippen LogP contribution in [0.25, 0.3) is 38.8 Å². The van der Waals surface area contributed by atoms with Crippen LogP contribution in [-0.2, 0) is 0 Å². The minimum absolute atomic E-state index is 0.759. The average Bonchev–Trinajstić information content (AvgIpc) is 3.23. The highest BCUT2D eigenvalue weighted by molar-refractivity contribution is 6.04. The van der Waals surface area contributed by atoms with Gasteiger partial charge in [0.1, 0.15) is 5.75 Å². The minimum Gasteiger partial charge on any atom is -0.494 e. The Bertz CT molecular complexity index is 1310. The van der Waals surface area contributed by atoms with Gasteiger partial charge in [0, 0.05) is 22.5 Å². The first-order valence-corrected chi connectivity index (χ1v) is 10.6. The predicted molar refractivity (Wildman–Crippen MR) is 121 cm³/mol. The smallest absolute Gasteiger partial charge is 0.168 e. The molecule has 0 aliphatic heterocycles. The molecule has 150 valence electrons. The summed E-state index contributed by atoms with van der Waals surface area (Å²) in [4.78, 5) is 4.65. The number of hydrogen-bond acceptors (Lipinski definition) is 4. The number of fused-ring (bicyclic) bond motifs is 5. The molecule has 30 heavy (non-hydrogen) atoms. The van der Waals surface area contributed by atoms with E-state index in [-0.39, 0.29) is 0 Å². The van der Waals surface area contributed by atoms with Crippen molar-refractivity contribution in [3.05, 3.63) is 66.9 Å². The normalized spacial score (nSPS) is 11.5. The second-order valence-electron chi connectivity index (χ2n) is 7.56. The first kappa shape index (κ1) is 18.6. The van der Waals surface area contributed by atoms with Crippen molar-refractivity contribution in [1.29, 1.82) is 0 Å². The summed E-state index contributed by atoms with van der Waals surface area (Å²) in [6, 6.07) is 20.5. The Morgan fingerprint density at radius 3 is 2.53 bits per heavy atom. The SMILES string of the molecule is CCCCCCOc1ccc(-c2nnc3ccc4ccc5cccnc5c4n23)cc1. The van der Waals surface area contributed by atoms with Crippen LogP contribution in [0, 0.1) is 0 Å². The number of aromatic nitrogens is 4. The van der Waals surface area contributed by atoms with Gasteiger partial charge in [0.25, 0.3) is 0 Å². The molecule has 0 N–H and O–H groups in total. The Hall–Kier alpha value is -3.47. The highest BCUT2D eigenvalue weighted by Crippen LogP contribution is 2.29. The van der Waals surface area contributed by atoms with E-state index in [9.17, 15) is 0 Å². The highest BCUT2D eigenvalue weighted by atomic mass is 16.5. The number of nitrogens with zero attached hydrogens (tertiary/aromatic N) is 4. The molecule has 0 saturated carbocycles. The molecule has 0 spiro atoms. The standard InChI is InChI=1S/C25H24N4O/c1-2-3-4-5-17-30-21-13-10-20(11-14-21)25-28-27-22-15-12-19-9-8-18-7-6-16-26-23(18)24(19)29(22)25/h6-16H,2-5,17H2,1H3. The van der Waals surface area contributed by atoms with Crippen LogP contribution in [0.1, 0.15) is 32.6 Å². The van der Waals surface area contributed by atoms with Crippen LogP contribution in [0.4, 0.5) is 0 Å². The lowest BCUT2D eigenvalue weighted by molar-refractivity contribution is 0.305. The first-order chi connectivity index (χ1) is 14.8. The fraction of sp³-hybridized carbons (Fsp3) is 0.240. The fourth-order valence-electron chi connectivity index (χ4n) is 3.91. The summed E-state index contributed by atoms with van der Waals surface area (Å²) >= 11 is 0. The van der Waals surface area contributed by atoms with Gasteiger partial charge in [-0.3, -0.25) is 9.38 Å². The lowest BCUT2D eigenvalue weighted by Gasteiger charge is -2.09. The Kier molecular flexibility index (Phi) is 5.01. The lowest BCUT2D eigenvalue weighted by atomic mass is 10.1. The Morgan fingerprint density at radius 1 is 0.833 bits per heavy atom. The number of pyridine rings is 2. The van der Waals surface area contributed by atoms with Crippen LogP contribution >= 0.6 is 0 Å². The zero-order chi connectivity index (χ0) is 20.3. The number of hydrogen-bond donors (Lipinski definition) is 0. The van der Waals surface area contributed by atoms with Gasteiger partial charge in [-0.25, -0.2) is 0 Å². The van der Waals surface area contributed by atoms with Gasteiger partial charge < -0.3 is 4.74 Å². The molecule has 0 aliphatic carbocycles. The number of benzene rings is 2. The largest absolute Gasteiger partial charge is 0.494 e. The monoisotopic (exact) mass is 396 g/mol. The summed E-state index contributed by atoms with van der Waals surface area (Å²) in [5.41, 5.74) is 3.80. The van der Waals surface area contributed by atoms with E-state index in [1.165, 1.54) is 19.3 Å². The van der Waals surface area contributed by atoms with Crippen molar-refractivity contribution in [3.8, 4) is 17.1 Å². The molecular weight excluding hydrogens is 372 g/mol. The molecular formula is C25H24N4O. The third kappa shape index (κ3) is 3.36. The predicted octanol–water partition coefficient (Wildman–Crippen LogP) is 6.06. The third-order valence-electron chi connectivity index (χ3n) is 5.48. The summed E-state index contributed by atoms with van der Waals surface area (Å²) < 4.78 is 7.99. The van der Waals surface area contributed by atoms with Gasteiger partial charge in [-0.1, -0.05) is 44.4 Å². The molecule has 3 aromatic heterocycles. The van der Waals surface area contributed by atoms with Crippen LogP contribution in [0.3, 0.4) is 0 Å². The Morgan fingerprint density at radius 2 is 1.67 bits per heavy atom. The summed E-state index contributed by atoms with van der Waals surface area (Å²) in [5, 5.41) is 11.1. The van der Waals surface area contributed by atoms with Crippen LogP contribution in [0.2, 0.25) is 0 Å². The molecule has 2 aromatic carbocycles. The zero-order valence-electron chi connectivity index (χ0n) is 17.1. The van der Waals surface area contributed by atoms with E-state index in [1.807, 2.05) is 30.5 Å². The van der Waals surface area contributed by atoms with Crippen molar-refractivity contribution in [2.75, 3.05) is 6.61 Å². The maximum absolute atomic E-state index is 5.89. The van der Waals surface area contributed by atoms with Crippen LogP contribution in [-0.4, -0.2) is 26.2 Å². The van der Waals surface area contributed by atoms with E-state index in [0.717, 1.165) is 57.6 Å². The Labute approximate surface area is 175 Å². The molecule has 0 aliphatic rings. The summed E-state index contributed by atoms with van der Waals surface area (Å²) in [6.07, 6.45) is 6.64. The van der Waals surface area contributed by atoms with E-state index in [2.05, 4.69) is 62.9 Å². The van der Waals surface area contributed by atoms with Crippen molar-refractivity contribution in [2.45, 2.75) is 32.6 Å². The van der Waals surface area contributed by atoms with E-state index in [0.29, 0.717) is 0 Å². The van der Waals surface area contributed by atoms with E-state index in [4.69, 9.17) is 4.74 Å². The molecule has 5 rings (SSSR count). The topological polar surface area (TPSA) is 52.3 Å². The first-order valence-electron chi connectivity index (χ1n) is 10.6. The molecule has 5 aromatic rings. The number of rotatable bonds is 7. The van der Waals surface area contributed by atoms with Crippen molar-refractivity contribution in [2.24, 2.45) is 0 Å². The zero-order valence-corrected chi connectivity index (χ0v) is 17.1. The van der Waals surface area contributed by atoms with Gasteiger partial charge in [0.15, 0.2) is 11.5 Å². The molecule has 5 heteroatoms. The minimum atomic E-state index is 0.759. The average molecular weight is 396 g/mol. The van der Waals surface area contributed by atoms with Crippen LogP contribution in [0.15, 0.2) is 66.9 Å². The highest BCUT2D eigenvalue weighted by Gasteiger charge is 2.13. The van der Waals surface area contributed by atoms with E-state index < -0.39 is 0 Å². The van der Waals surface area contributed by atoms with Crippen molar-refractivity contribution < 1.29 is 4.74 Å². The van der Waals surface area contributed by atoms with Gasteiger partial charge >= 0.3 is 0 Å². The molecule has 0 amide bonds. The van der Waals surface area contributed by atoms with Gasteiger partial charge in [-0.2, -0.15) is 0 Å². The molecule has 0 saturated heterocycles. The Balaban J connectivity index is 1.53. The molecule has 0 fully saturated rings. The molecule has 3 heterocycles. The maximum atomic E-state index is 5.89. The van der Waals surface area contributed by atoms with E-state index >= 15 is 0 Å². The quantitative estimate of drug-likeness (QED) is 0.248. The lowest BCUT2D eigenvalue weighted by Crippen LogP contribution is -1.97. The summed E-state index contributed by atoms with van der Waals surface area (Å²) in [5.74, 6) is 1.70. The van der Waals surface area contributed by atoms with Crippen LogP contribution in [0.5, 0.6) is 5.75 Å². The summed E-state index contributed by atoms with van der Waals surface area (Å²) in [6.45, 7) is 2.98. The number of ether oxygens (including phenoxy) is 1. The van der Waals surface area contributed by atoms with Crippen molar-refractivity contribution in [3.63, 3.8) is 0 Å². The molecule has 0 radical (unpaired) electrons. The van der Waals surface area contributed by atoms with Crippen molar-refractivity contribution in [1.82, 2.24) is 19.6 Å². The summed E-state index contributed by atoms with van der Waals surface area (Å²) in [7, 11) is 0. The molecule has 5 nitrogen and oxygen atoms in total. The molecule has 0 atom stereocenters.